The molecule has 0 aromatic carbocycles. The maximum atomic E-state index is 8.96. The van der Waals surface area contributed by atoms with E-state index in [1.165, 1.54) is 5.57 Å². The molecular formula is C12H18O3. The van der Waals surface area contributed by atoms with Gasteiger partial charge in [0.15, 0.2) is 5.79 Å². The second-order valence-electron chi connectivity index (χ2n) is 4.76. The highest BCUT2D eigenvalue weighted by molar-refractivity contribution is 5.19. The lowest BCUT2D eigenvalue weighted by Crippen LogP contribution is -2.34. The van der Waals surface area contributed by atoms with E-state index in [1.807, 2.05) is 6.08 Å². The van der Waals surface area contributed by atoms with E-state index >= 15 is 0 Å². The Hall–Kier alpha value is -0.380. The average molecular weight is 210 g/mol. The van der Waals surface area contributed by atoms with Gasteiger partial charge in [-0.15, -0.1) is 0 Å². The molecule has 1 aliphatic heterocycles. The topological polar surface area (TPSA) is 38.7 Å². The summed E-state index contributed by atoms with van der Waals surface area (Å²) in [5.41, 5.74) is 1.43. The molecule has 0 aromatic heterocycles. The number of allylic oxidation sites excluding steroid dienone is 1. The maximum Gasteiger partial charge on any atom is 0.171 e. The van der Waals surface area contributed by atoms with E-state index in [-0.39, 0.29) is 12.4 Å². The number of hydrogen-bond donors (Lipinski definition) is 1. The zero-order valence-corrected chi connectivity index (χ0v) is 8.95. The van der Waals surface area contributed by atoms with Crippen LogP contribution in [0.4, 0.5) is 0 Å². The predicted octanol–water partition coefficient (Wildman–Crippen LogP) is 1.47. The van der Waals surface area contributed by atoms with Gasteiger partial charge in [0.25, 0.3) is 0 Å². The highest BCUT2D eigenvalue weighted by atomic mass is 16.7. The summed E-state index contributed by atoms with van der Waals surface area (Å²) in [6, 6.07) is 0. The molecule has 0 unspecified atom stereocenters. The SMILES string of the molecule is OCC=C1CC[C@H]2[C@@H]1CCC21OCCO1. The molecule has 1 heterocycles. The molecule has 1 N–H and O–H groups in total. The Labute approximate surface area is 90.1 Å². The first-order chi connectivity index (χ1) is 7.36. The molecule has 0 aromatic rings. The van der Waals surface area contributed by atoms with Crippen molar-refractivity contribution in [2.45, 2.75) is 31.5 Å². The van der Waals surface area contributed by atoms with Gasteiger partial charge in [0.05, 0.1) is 19.8 Å². The molecule has 84 valence electrons. The minimum absolute atomic E-state index is 0.174. The fraction of sp³-hybridized carbons (Fsp3) is 0.833. The number of aliphatic hydroxyl groups excluding tert-OH is 1. The van der Waals surface area contributed by atoms with Crippen LogP contribution < -0.4 is 0 Å². The Morgan fingerprint density at radius 2 is 2.13 bits per heavy atom. The van der Waals surface area contributed by atoms with Crippen molar-refractivity contribution in [2.75, 3.05) is 19.8 Å². The lowest BCUT2D eigenvalue weighted by Gasteiger charge is -2.28. The van der Waals surface area contributed by atoms with Gasteiger partial charge in [-0.1, -0.05) is 11.6 Å². The molecule has 2 atom stereocenters. The summed E-state index contributed by atoms with van der Waals surface area (Å²) >= 11 is 0. The minimum Gasteiger partial charge on any atom is -0.392 e. The van der Waals surface area contributed by atoms with Gasteiger partial charge >= 0.3 is 0 Å². The van der Waals surface area contributed by atoms with Crippen LogP contribution >= 0.6 is 0 Å². The van der Waals surface area contributed by atoms with Gasteiger partial charge in [0, 0.05) is 12.3 Å². The molecule has 3 rings (SSSR count). The minimum atomic E-state index is -0.254. The Morgan fingerprint density at radius 1 is 1.33 bits per heavy atom. The number of aliphatic hydroxyl groups is 1. The van der Waals surface area contributed by atoms with Crippen molar-refractivity contribution in [2.24, 2.45) is 11.8 Å². The second-order valence-corrected chi connectivity index (χ2v) is 4.76. The van der Waals surface area contributed by atoms with E-state index in [9.17, 15) is 0 Å². The average Bonchev–Trinajstić information content (AvgIpc) is 2.89. The summed E-state index contributed by atoms with van der Waals surface area (Å²) in [5.74, 6) is 0.892. The molecule has 3 nitrogen and oxygen atoms in total. The van der Waals surface area contributed by atoms with Gasteiger partial charge in [-0.2, -0.15) is 0 Å². The molecule has 0 radical (unpaired) electrons. The van der Waals surface area contributed by atoms with Crippen molar-refractivity contribution in [3.63, 3.8) is 0 Å². The van der Waals surface area contributed by atoms with Crippen molar-refractivity contribution < 1.29 is 14.6 Å². The molecule has 3 heteroatoms. The molecule has 0 amide bonds. The Morgan fingerprint density at radius 3 is 2.87 bits per heavy atom. The third kappa shape index (κ3) is 1.37. The number of hydrogen-bond acceptors (Lipinski definition) is 3. The Balaban J connectivity index is 1.82. The van der Waals surface area contributed by atoms with Crippen molar-refractivity contribution in [1.82, 2.24) is 0 Å². The largest absolute Gasteiger partial charge is 0.392 e. The highest BCUT2D eigenvalue weighted by Gasteiger charge is 2.55. The highest BCUT2D eigenvalue weighted by Crippen LogP contribution is 2.55. The van der Waals surface area contributed by atoms with E-state index in [2.05, 4.69) is 0 Å². The summed E-state index contributed by atoms with van der Waals surface area (Å²) in [6.07, 6.45) is 6.46. The first kappa shape index (κ1) is 9.82. The van der Waals surface area contributed by atoms with Crippen molar-refractivity contribution in [1.29, 1.82) is 0 Å². The van der Waals surface area contributed by atoms with Crippen LogP contribution in [0, 0.1) is 11.8 Å². The summed E-state index contributed by atoms with van der Waals surface area (Å²) in [7, 11) is 0. The zero-order chi connectivity index (χ0) is 10.3. The van der Waals surface area contributed by atoms with Gasteiger partial charge in [-0.05, 0) is 25.2 Å². The van der Waals surface area contributed by atoms with Crippen LogP contribution in [0.2, 0.25) is 0 Å². The van der Waals surface area contributed by atoms with Gasteiger partial charge in [-0.3, -0.25) is 0 Å². The van der Waals surface area contributed by atoms with E-state index in [1.54, 1.807) is 0 Å². The van der Waals surface area contributed by atoms with Crippen LogP contribution in [-0.4, -0.2) is 30.7 Å². The monoisotopic (exact) mass is 210 g/mol. The number of rotatable bonds is 1. The van der Waals surface area contributed by atoms with Crippen LogP contribution in [0.25, 0.3) is 0 Å². The third-order valence-corrected chi connectivity index (χ3v) is 4.20. The Bertz CT molecular complexity index is 279. The van der Waals surface area contributed by atoms with E-state index < -0.39 is 0 Å². The fourth-order valence-electron chi connectivity index (χ4n) is 3.62. The third-order valence-electron chi connectivity index (χ3n) is 4.20. The van der Waals surface area contributed by atoms with Gasteiger partial charge < -0.3 is 14.6 Å². The normalized spacial score (nSPS) is 40.5. The lowest BCUT2D eigenvalue weighted by atomic mass is 9.94. The van der Waals surface area contributed by atoms with E-state index in [0.717, 1.165) is 38.9 Å². The molecule has 1 spiro atoms. The van der Waals surface area contributed by atoms with Gasteiger partial charge in [0.2, 0.25) is 0 Å². The molecule has 15 heavy (non-hydrogen) atoms. The van der Waals surface area contributed by atoms with Crippen LogP contribution in [0.1, 0.15) is 25.7 Å². The Kier molecular flexibility index (Phi) is 2.34. The number of ether oxygens (including phenoxy) is 2. The summed E-state index contributed by atoms with van der Waals surface area (Å²) in [6.45, 7) is 1.68. The van der Waals surface area contributed by atoms with Crippen molar-refractivity contribution >= 4 is 0 Å². The van der Waals surface area contributed by atoms with Crippen LogP contribution in [0.3, 0.4) is 0 Å². The summed E-state index contributed by atoms with van der Waals surface area (Å²) < 4.78 is 11.7. The number of fused-ring (bicyclic) bond motifs is 2. The molecule has 1 saturated heterocycles. The first-order valence-electron chi connectivity index (χ1n) is 5.93. The molecule has 3 fully saturated rings. The van der Waals surface area contributed by atoms with E-state index in [4.69, 9.17) is 14.6 Å². The maximum absolute atomic E-state index is 8.96. The molecule has 0 bridgehead atoms. The summed E-state index contributed by atoms with van der Waals surface area (Å²) in [4.78, 5) is 0. The van der Waals surface area contributed by atoms with Gasteiger partial charge in [-0.25, -0.2) is 0 Å². The standard InChI is InChI=1S/C12H18O3/c13-6-4-9-1-2-11-10(9)3-5-12(11)14-7-8-15-12/h4,10-11,13H,1-3,5-8H2/t10-,11+/m1/s1. The smallest absolute Gasteiger partial charge is 0.171 e. The van der Waals surface area contributed by atoms with Crippen molar-refractivity contribution in [3.05, 3.63) is 11.6 Å². The molecule has 3 aliphatic rings. The van der Waals surface area contributed by atoms with Crippen molar-refractivity contribution in [3.8, 4) is 0 Å². The van der Waals surface area contributed by atoms with Crippen LogP contribution in [0.5, 0.6) is 0 Å². The van der Waals surface area contributed by atoms with Crippen LogP contribution in [0.15, 0.2) is 11.6 Å². The zero-order valence-electron chi connectivity index (χ0n) is 8.95. The fourth-order valence-corrected chi connectivity index (χ4v) is 3.62. The van der Waals surface area contributed by atoms with Crippen LogP contribution in [-0.2, 0) is 9.47 Å². The lowest BCUT2D eigenvalue weighted by molar-refractivity contribution is -0.182. The molecular weight excluding hydrogens is 192 g/mol. The quantitative estimate of drug-likeness (QED) is 0.666. The van der Waals surface area contributed by atoms with E-state index in [0.29, 0.717) is 11.8 Å². The molecule has 2 saturated carbocycles. The summed E-state index contributed by atoms with van der Waals surface area (Å²) in [5, 5.41) is 8.96. The predicted molar refractivity (Wildman–Crippen MR) is 55.3 cm³/mol. The van der Waals surface area contributed by atoms with Gasteiger partial charge in [0.1, 0.15) is 0 Å². The second kappa shape index (κ2) is 3.58. The molecule has 2 aliphatic carbocycles. The first-order valence-corrected chi connectivity index (χ1v) is 5.93.